The Kier molecular flexibility index (Phi) is 4.18. The number of rotatable bonds is 3. The molecule has 0 aliphatic carbocycles. The molecular formula is C14H25N3O3. The van der Waals surface area contributed by atoms with Gasteiger partial charge in [0.25, 0.3) is 0 Å². The lowest BCUT2D eigenvalue weighted by Crippen LogP contribution is -2.53. The summed E-state index contributed by atoms with van der Waals surface area (Å²) in [7, 11) is 0. The molecule has 1 aromatic rings. The van der Waals surface area contributed by atoms with Crippen molar-refractivity contribution in [2.24, 2.45) is 0 Å². The zero-order valence-electron chi connectivity index (χ0n) is 13.0. The second kappa shape index (κ2) is 5.42. The number of ether oxygens (including phenoxy) is 1. The highest BCUT2D eigenvalue weighted by Crippen LogP contribution is 2.23. The molecule has 0 radical (unpaired) electrons. The van der Waals surface area contributed by atoms with E-state index in [-0.39, 0.29) is 23.7 Å². The van der Waals surface area contributed by atoms with Crippen molar-refractivity contribution in [3.8, 4) is 0 Å². The maximum absolute atomic E-state index is 9.32. The zero-order valence-corrected chi connectivity index (χ0v) is 13.0. The molecule has 1 N–H and O–H groups in total. The van der Waals surface area contributed by atoms with E-state index in [2.05, 4.69) is 15.0 Å². The Hall–Kier alpha value is -0.980. The lowest BCUT2D eigenvalue weighted by atomic mass is 9.97. The zero-order chi connectivity index (χ0) is 15.0. The summed E-state index contributed by atoms with van der Waals surface area (Å²) >= 11 is 0. The van der Waals surface area contributed by atoms with Crippen LogP contribution in [0.25, 0.3) is 0 Å². The lowest BCUT2D eigenvalue weighted by molar-refractivity contribution is -0.151. The Morgan fingerprint density at radius 2 is 2.10 bits per heavy atom. The van der Waals surface area contributed by atoms with E-state index in [1.165, 1.54) is 0 Å². The van der Waals surface area contributed by atoms with Gasteiger partial charge >= 0.3 is 0 Å². The van der Waals surface area contributed by atoms with Crippen LogP contribution in [0.1, 0.15) is 46.3 Å². The molecular weight excluding hydrogens is 258 g/mol. The maximum atomic E-state index is 9.32. The number of aliphatic hydroxyl groups is 1. The van der Waals surface area contributed by atoms with Crippen molar-refractivity contribution >= 4 is 0 Å². The van der Waals surface area contributed by atoms with Gasteiger partial charge in [-0.3, -0.25) is 4.90 Å². The standard InChI is InChI=1S/C14H25N3O3/c1-13(2,3)12-15-11(16-20-12)7-17-6-10(8-18)19-14(4,5)9-17/h10,18H,6-9H2,1-5H3. The minimum atomic E-state index is -0.276. The van der Waals surface area contributed by atoms with E-state index >= 15 is 0 Å². The molecule has 2 heterocycles. The van der Waals surface area contributed by atoms with Crippen LogP contribution in [0.15, 0.2) is 4.52 Å². The molecule has 0 saturated carbocycles. The normalized spacial score (nSPS) is 24.0. The topological polar surface area (TPSA) is 71.6 Å². The number of morpholine rings is 1. The van der Waals surface area contributed by atoms with Crippen molar-refractivity contribution in [3.05, 3.63) is 11.7 Å². The molecule has 6 heteroatoms. The smallest absolute Gasteiger partial charge is 0.232 e. The summed E-state index contributed by atoms with van der Waals surface area (Å²) in [5.41, 5.74) is -0.411. The summed E-state index contributed by atoms with van der Waals surface area (Å²) in [4.78, 5) is 6.65. The van der Waals surface area contributed by atoms with Crippen LogP contribution in [0.5, 0.6) is 0 Å². The predicted molar refractivity (Wildman–Crippen MR) is 74.3 cm³/mol. The monoisotopic (exact) mass is 283 g/mol. The van der Waals surface area contributed by atoms with Gasteiger partial charge < -0.3 is 14.4 Å². The average Bonchev–Trinajstić information content (AvgIpc) is 2.75. The van der Waals surface area contributed by atoms with Crippen molar-refractivity contribution in [2.75, 3.05) is 19.7 Å². The van der Waals surface area contributed by atoms with E-state index in [0.29, 0.717) is 24.8 Å². The third-order valence-corrected chi connectivity index (χ3v) is 3.23. The fraction of sp³-hybridized carbons (Fsp3) is 0.857. The van der Waals surface area contributed by atoms with Crippen LogP contribution >= 0.6 is 0 Å². The quantitative estimate of drug-likeness (QED) is 0.902. The van der Waals surface area contributed by atoms with Crippen molar-refractivity contribution in [1.29, 1.82) is 0 Å². The number of hydrogen-bond acceptors (Lipinski definition) is 6. The van der Waals surface area contributed by atoms with Gasteiger partial charge in [0.15, 0.2) is 5.82 Å². The fourth-order valence-corrected chi connectivity index (χ4v) is 2.46. The Labute approximate surface area is 120 Å². The van der Waals surface area contributed by atoms with Crippen LogP contribution in [0, 0.1) is 0 Å². The lowest BCUT2D eigenvalue weighted by Gasteiger charge is -2.41. The highest BCUT2D eigenvalue weighted by molar-refractivity contribution is 4.98. The number of hydrogen-bond donors (Lipinski definition) is 1. The van der Waals surface area contributed by atoms with Crippen molar-refractivity contribution in [2.45, 2.75) is 58.3 Å². The summed E-state index contributed by atoms with van der Waals surface area (Å²) in [6.45, 7) is 12.3. The molecule has 114 valence electrons. The first-order chi connectivity index (χ1) is 9.19. The van der Waals surface area contributed by atoms with E-state index in [9.17, 15) is 5.11 Å². The van der Waals surface area contributed by atoms with Gasteiger partial charge in [0.2, 0.25) is 5.89 Å². The molecule has 1 aliphatic rings. The second-order valence-corrected chi connectivity index (χ2v) is 7.12. The van der Waals surface area contributed by atoms with Crippen LogP contribution in [-0.4, -0.2) is 51.5 Å². The molecule has 1 unspecified atom stereocenters. The first kappa shape index (κ1) is 15.4. The third kappa shape index (κ3) is 3.77. The second-order valence-electron chi connectivity index (χ2n) is 7.12. The van der Waals surface area contributed by atoms with Crippen molar-refractivity contribution in [1.82, 2.24) is 15.0 Å². The summed E-state index contributed by atoms with van der Waals surface area (Å²) in [6, 6.07) is 0. The highest BCUT2D eigenvalue weighted by atomic mass is 16.5. The Bertz CT molecular complexity index is 451. The summed E-state index contributed by atoms with van der Waals surface area (Å²) < 4.78 is 11.1. The van der Waals surface area contributed by atoms with Gasteiger partial charge in [-0.25, -0.2) is 0 Å². The minimum Gasteiger partial charge on any atom is -0.394 e. The number of aromatic nitrogens is 2. The number of nitrogens with zero attached hydrogens (tertiary/aromatic N) is 3. The molecule has 1 fully saturated rings. The molecule has 1 aromatic heterocycles. The Morgan fingerprint density at radius 1 is 1.40 bits per heavy atom. The van der Waals surface area contributed by atoms with Crippen LogP contribution in [-0.2, 0) is 16.7 Å². The summed E-state index contributed by atoms with van der Waals surface area (Å²) in [5.74, 6) is 1.34. The molecule has 20 heavy (non-hydrogen) atoms. The van der Waals surface area contributed by atoms with Gasteiger partial charge in [-0.1, -0.05) is 25.9 Å². The fourth-order valence-electron chi connectivity index (χ4n) is 2.46. The predicted octanol–water partition coefficient (Wildman–Crippen LogP) is 1.34. The largest absolute Gasteiger partial charge is 0.394 e. The maximum Gasteiger partial charge on any atom is 0.232 e. The minimum absolute atomic E-state index is 0.0272. The molecule has 1 aliphatic heterocycles. The van der Waals surface area contributed by atoms with Crippen LogP contribution in [0.4, 0.5) is 0 Å². The SMILES string of the molecule is CC1(C)CN(Cc2noc(C(C)(C)C)n2)CC(CO)O1. The molecule has 2 rings (SSSR count). The van der Waals surface area contributed by atoms with Crippen LogP contribution in [0.3, 0.4) is 0 Å². The average molecular weight is 283 g/mol. The van der Waals surface area contributed by atoms with Gasteiger partial charge in [-0.05, 0) is 13.8 Å². The molecule has 6 nitrogen and oxygen atoms in total. The summed E-state index contributed by atoms with van der Waals surface area (Å²) in [5, 5.41) is 13.4. The van der Waals surface area contributed by atoms with Crippen LogP contribution in [0.2, 0.25) is 0 Å². The third-order valence-electron chi connectivity index (χ3n) is 3.23. The van der Waals surface area contributed by atoms with Gasteiger partial charge in [0, 0.05) is 18.5 Å². The molecule has 1 saturated heterocycles. The van der Waals surface area contributed by atoms with E-state index in [1.807, 2.05) is 34.6 Å². The molecule has 0 aromatic carbocycles. The van der Waals surface area contributed by atoms with Crippen molar-refractivity contribution in [3.63, 3.8) is 0 Å². The van der Waals surface area contributed by atoms with E-state index in [0.717, 1.165) is 6.54 Å². The molecule has 0 bridgehead atoms. The van der Waals surface area contributed by atoms with Crippen LogP contribution < -0.4 is 0 Å². The van der Waals surface area contributed by atoms with E-state index in [1.54, 1.807) is 0 Å². The van der Waals surface area contributed by atoms with Gasteiger partial charge in [-0.2, -0.15) is 4.98 Å². The van der Waals surface area contributed by atoms with Gasteiger partial charge in [-0.15, -0.1) is 0 Å². The van der Waals surface area contributed by atoms with E-state index in [4.69, 9.17) is 9.26 Å². The van der Waals surface area contributed by atoms with Gasteiger partial charge in [0.1, 0.15) is 0 Å². The molecule has 0 amide bonds. The summed E-state index contributed by atoms with van der Waals surface area (Å²) in [6.07, 6.45) is -0.160. The Morgan fingerprint density at radius 3 is 2.65 bits per heavy atom. The highest BCUT2D eigenvalue weighted by Gasteiger charge is 2.33. The first-order valence-corrected chi connectivity index (χ1v) is 7.04. The first-order valence-electron chi connectivity index (χ1n) is 7.04. The van der Waals surface area contributed by atoms with E-state index < -0.39 is 0 Å². The molecule has 0 spiro atoms. The number of aliphatic hydroxyl groups excluding tert-OH is 1. The molecule has 1 atom stereocenters. The van der Waals surface area contributed by atoms with Crippen molar-refractivity contribution < 1.29 is 14.4 Å². The Balaban J connectivity index is 2.04. The van der Waals surface area contributed by atoms with Gasteiger partial charge in [0.05, 0.1) is 24.9 Å².